The molecule has 1 spiro atoms. The average Bonchev–Trinajstić information content (AvgIpc) is 3.20. The number of anilines is 1. The summed E-state index contributed by atoms with van der Waals surface area (Å²) < 4.78 is 35.4. The Bertz CT molecular complexity index is 1930. The van der Waals surface area contributed by atoms with Crippen molar-refractivity contribution in [2.24, 2.45) is 16.6 Å². The van der Waals surface area contributed by atoms with Crippen LogP contribution in [0, 0.1) is 5.92 Å². The molecular formula is C41H54N4O13. The number of aliphatic hydroxyl groups excluding tert-OH is 3. The first-order valence-electron chi connectivity index (χ1n) is 19.1. The van der Waals surface area contributed by atoms with Gasteiger partial charge in [0.15, 0.2) is 35.7 Å². The highest BCUT2D eigenvalue weighted by atomic mass is 16.7. The number of rotatable bonds is 16. The van der Waals surface area contributed by atoms with Crippen molar-refractivity contribution < 1.29 is 63.5 Å². The molecule has 5 rings (SSSR count). The Morgan fingerprint density at radius 3 is 2.45 bits per heavy atom. The first kappa shape index (κ1) is 43.6. The zero-order valence-corrected chi connectivity index (χ0v) is 33.3. The smallest absolute Gasteiger partial charge is 0.338 e. The Morgan fingerprint density at radius 2 is 1.78 bits per heavy atom. The van der Waals surface area contributed by atoms with E-state index in [0.717, 1.165) is 18.4 Å². The number of aliphatic imine (C=N–C) groups is 1. The van der Waals surface area contributed by atoms with Crippen LogP contribution in [0.1, 0.15) is 71.9 Å². The number of carboxylic acid groups (broad SMARTS) is 1. The molecule has 1 saturated heterocycles. The molecule has 2 heterocycles. The van der Waals surface area contributed by atoms with Gasteiger partial charge in [-0.2, -0.15) is 0 Å². The van der Waals surface area contributed by atoms with Crippen LogP contribution in [0.5, 0.6) is 28.7 Å². The van der Waals surface area contributed by atoms with Gasteiger partial charge in [0, 0.05) is 37.2 Å². The minimum absolute atomic E-state index is 0.00899. The Balaban J connectivity index is 1.45. The number of phenolic OH excluding ortho intramolecular Hbond substituents is 1. The van der Waals surface area contributed by atoms with Gasteiger partial charge in [0.2, 0.25) is 12.0 Å². The number of guanidine groups is 1. The van der Waals surface area contributed by atoms with Gasteiger partial charge in [-0.05, 0) is 50.2 Å². The van der Waals surface area contributed by atoms with Crippen molar-refractivity contribution in [2.45, 2.75) is 89.1 Å². The number of carboxylic acids is 1. The molecule has 9 N–H and O–H groups in total. The SMILES string of the molecule is CN=C(N)NCOc1cc(C(=O)O)c(NC(C)CCC(C)C)cc1OC1OC2(CCc3c(cc(OCCc4ccccc4)c(O)c3OC)C(=O)OC2)C(O)C(O)C1O. The molecule has 17 heteroatoms. The Morgan fingerprint density at radius 1 is 1.03 bits per heavy atom. The Labute approximate surface area is 336 Å². The zero-order valence-electron chi connectivity index (χ0n) is 33.3. The van der Waals surface area contributed by atoms with Crippen LogP contribution >= 0.6 is 0 Å². The van der Waals surface area contributed by atoms with Crippen LogP contribution in [0.3, 0.4) is 0 Å². The third-order valence-electron chi connectivity index (χ3n) is 10.2. The minimum Gasteiger partial charge on any atom is -0.502 e. The number of esters is 1. The summed E-state index contributed by atoms with van der Waals surface area (Å²) >= 11 is 0. The van der Waals surface area contributed by atoms with E-state index in [2.05, 4.69) is 29.5 Å². The molecule has 1 fully saturated rings. The number of ether oxygens (including phenoxy) is 6. The van der Waals surface area contributed by atoms with E-state index in [1.54, 1.807) is 0 Å². The summed E-state index contributed by atoms with van der Waals surface area (Å²) in [5.74, 6) is -2.23. The zero-order chi connectivity index (χ0) is 42.1. The molecule has 58 heavy (non-hydrogen) atoms. The maximum absolute atomic E-state index is 13.7. The largest absolute Gasteiger partial charge is 0.502 e. The second-order valence-corrected chi connectivity index (χ2v) is 14.8. The predicted molar refractivity (Wildman–Crippen MR) is 212 cm³/mol. The van der Waals surface area contributed by atoms with Crippen LogP contribution in [0.25, 0.3) is 0 Å². The van der Waals surface area contributed by atoms with Crippen molar-refractivity contribution >= 4 is 23.6 Å². The molecule has 0 bridgehead atoms. The number of nitrogens with zero attached hydrogens (tertiary/aromatic N) is 1. The van der Waals surface area contributed by atoms with E-state index in [1.165, 1.54) is 32.4 Å². The van der Waals surface area contributed by atoms with Crippen LogP contribution < -0.4 is 35.3 Å². The number of nitrogens with two attached hydrogens (primary N) is 1. The van der Waals surface area contributed by atoms with Crippen LogP contribution in [-0.4, -0.2) is 114 Å². The number of phenols is 1. The predicted octanol–water partition coefficient (Wildman–Crippen LogP) is 3.19. The third kappa shape index (κ3) is 10.1. The molecule has 316 valence electrons. The number of methoxy groups -OCH3 is 1. The normalized spacial score (nSPS) is 22.6. The van der Waals surface area contributed by atoms with E-state index in [9.17, 15) is 35.1 Å². The maximum Gasteiger partial charge on any atom is 0.338 e. The van der Waals surface area contributed by atoms with Crippen molar-refractivity contribution in [3.63, 3.8) is 0 Å². The fourth-order valence-electron chi connectivity index (χ4n) is 6.85. The van der Waals surface area contributed by atoms with Crippen LogP contribution in [0.2, 0.25) is 0 Å². The number of benzene rings is 3. The van der Waals surface area contributed by atoms with Crippen LogP contribution in [-0.2, 0) is 22.3 Å². The van der Waals surface area contributed by atoms with Crippen LogP contribution in [0.15, 0.2) is 53.5 Å². The van der Waals surface area contributed by atoms with Gasteiger partial charge in [-0.1, -0.05) is 44.2 Å². The molecule has 0 aliphatic carbocycles. The fourth-order valence-corrected chi connectivity index (χ4v) is 6.85. The number of carbonyl (C=O) groups excluding carboxylic acids is 1. The van der Waals surface area contributed by atoms with E-state index in [-0.39, 0.29) is 89.3 Å². The van der Waals surface area contributed by atoms with Gasteiger partial charge in [0.05, 0.1) is 30.5 Å². The van der Waals surface area contributed by atoms with Gasteiger partial charge in [-0.15, -0.1) is 0 Å². The van der Waals surface area contributed by atoms with Crippen LogP contribution in [0.4, 0.5) is 5.69 Å². The van der Waals surface area contributed by atoms with Gasteiger partial charge in [-0.25, -0.2) is 9.59 Å². The molecule has 3 aromatic rings. The van der Waals surface area contributed by atoms with E-state index >= 15 is 0 Å². The summed E-state index contributed by atoms with van der Waals surface area (Å²) in [5.41, 5.74) is 5.24. The fraction of sp³-hybridized carbons (Fsp3) is 0.488. The highest BCUT2D eigenvalue weighted by molar-refractivity contribution is 5.95. The summed E-state index contributed by atoms with van der Waals surface area (Å²) in [6, 6.07) is 13.4. The topological polar surface area (TPSA) is 253 Å². The van der Waals surface area contributed by atoms with Crippen molar-refractivity contribution in [1.82, 2.24) is 5.32 Å². The molecule has 0 radical (unpaired) electrons. The van der Waals surface area contributed by atoms with Crippen molar-refractivity contribution in [1.29, 1.82) is 0 Å². The van der Waals surface area contributed by atoms with Gasteiger partial charge in [-0.3, -0.25) is 4.99 Å². The summed E-state index contributed by atoms with van der Waals surface area (Å²) in [4.78, 5) is 29.9. The average molecular weight is 811 g/mol. The third-order valence-corrected chi connectivity index (χ3v) is 10.2. The maximum atomic E-state index is 13.7. The number of aromatic carboxylic acids is 1. The number of hydrogen-bond donors (Lipinski definition) is 8. The van der Waals surface area contributed by atoms with Gasteiger partial charge in [0.25, 0.3) is 0 Å². The number of fused-ring (bicyclic) bond motifs is 1. The monoisotopic (exact) mass is 810 g/mol. The van der Waals surface area contributed by atoms with Gasteiger partial charge < -0.3 is 70.3 Å². The molecule has 3 aromatic carbocycles. The summed E-state index contributed by atoms with van der Waals surface area (Å²) in [6.45, 7) is 5.43. The highest BCUT2D eigenvalue weighted by Crippen LogP contribution is 2.46. The molecule has 0 saturated carbocycles. The first-order valence-corrected chi connectivity index (χ1v) is 19.1. The van der Waals surface area contributed by atoms with Gasteiger partial charge in [0.1, 0.15) is 30.5 Å². The lowest BCUT2D eigenvalue weighted by atomic mass is 9.81. The number of carbonyl (C=O) groups is 2. The standard InChI is InChI=1S/C41H54N4O13/c1-22(2)11-12-23(3)45-28-19-30(29(18-27(28)37(50)51)56-21-44-40(42)43-4)57-39-34(48)33(47)36(49)41(58-39)15-13-25-26(38(52)55-20-41)17-31(32(46)35(25)53-5)54-16-14-24-9-7-6-8-10-24/h6-10,17-19,22-23,33-34,36,39,45-49H,11-16,20-21H2,1-5H3,(H,50,51)(H3,42,43,44). The molecule has 2 aliphatic rings. The Kier molecular flexibility index (Phi) is 14.5. The summed E-state index contributed by atoms with van der Waals surface area (Å²) in [6.07, 6.45) is -5.24. The lowest BCUT2D eigenvalue weighted by Gasteiger charge is -2.48. The van der Waals surface area contributed by atoms with E-state index < -0.39 is 48.7 Å². The summed E-state index contributed by atoms with van der Waals surface area (Å²) in [5, 5.41) is 61.2. The molecule has 0 aromatic heterocycles. The van der Waals surface area contributed by atoms with Crippen molar-refractivity contribution in [3.8, 4) is 28.7 Å². The number of nitrogens with one attached hydrogen (secondary N) is 2. The molecule has 6 atom stereocenters. The molecule has 6 unspecified atom stereocenters. The summed E-state index contributed by atoms with van der Waals surface area (Å²) in [7, 11) is 2.78. The first-order chi connectivity index (χ1) is 27.7. The quantitative estimate of drug-likeness (QED) is 0.0448. The highest BCUT2D eigenvalue weighted by Gasteiger charge is 2.56. The molecular weight excluding hydrogens is 756 g/mol. The van der Waals surface area contributed by atoms with Crippen molar-refractivity contribution in [3.05, 3.63) is 70.8 Å². The second-order valence-electron chi connectivity index (χ2n) is 14.8. The number of aromatic hydroxyl groups is 1. The lowest BCUT2D eigenvalue weighted by molar-refractivity contribution is -0.320. The molecule has 0 amide bonds. The Hall–Kier alpha value is -5.49. The number of hydrogen-bond acceptors (Lipinski definition) is 14. The van der Waals surface area contributed by atoms with E-state index in [4.69, 9.17) is 34.2 Å². The van der Waals surface area contributed by atoms with Crippen molar-refractivity contribution in [2.75, 3.05) is 39.4 Å². The number of aliphatic hydroxyl groups is 3. The van der Waals surface area contributed by atoms with E-state index in [1.807, 2.05) is 37.3 Å². The minimum atomic E-state index is -1.87. The van der Waals surface area contributed by atoms with Gasteiger partial charge >= 0.3 is 11.9 Å². The molecule has 2 aliphatic heterocycles. The lowest BCUT2D eigenvalue weighted by Crippen LogP contribution is -2.67. The molecule has 17 nitrogen and oxygen atoms in total. The number of cyclic esters (lactones) is 1. The second kappa shape index (κ2) is 19.3. The van der Waals surface area contributed by atoms with E-state index in [0.29, 0.717) is 12.3 Å².